The van der Waals surface area contributed by atoms with Gasteiger partial charge in [-0.1, -0.05) is 31.2 Å². The predicted molar refractivity (Wildman–Crippen MR) is 85.2 cm³/mol. The van der Waals surface area contributed by atoms with Crippen molar-refractivity contribution in [2.45, 2.75) is 38.1 Å². The Hall–Kier alpha value is -0.950. The number of sulfonamides is 1. The van der Waals surface area contributed by atoms with Crippen LogP contribution in [-0.4, -0.2) is 39.0 Å². The van der Waals surface area contributed by atoms with E-state index >= 15 is 0 Å². The van der Waals surface area contributed by atoms with Crippen molar-refractivity contribution >= 4 is 10.0 Å². The Morgan fingerprint density at radius 1 is 1.24 bits per heavy atom. The number of nitrogens with two attached hydrogens (primary N) is 1. The zero-order chi connectivity index (χ0) is 15.3. The average molecular weight is 311 g/mol. The van der Waals surface area contributed by atoms with Crippen LogP contribution in [0, 0.1) is 0 Å². The van der Waals surface area contributed by atoms with Crippen LogP contribution in [0.1, 0.15) is 30.9 Å². The molecule has 0 heterocycles. The van der Waals surface area contributed by atoms with Crippen LogP contribution in [0.3, 0.4) is 0 Å². The van der Waals surface area contributed by atoms with Gasteiger partial charge in [-0.3, -0.25) is 4.90 Å². The first kappa shape index (κ1) is 16.4. The van der Waals surface area contributed by atoms with E-state index in [9.17, 15) is 8.42 Å². The lowest BCUT2D eigenvalue weighted by Crippen LogP contribution is -2.36. The highest BCUT2D eigenvalue weighted by atomic mass is 32.2. The van der Waals surface area contributed by atoms with Gasteiger partial charge in [0.05, 0.1) is 5.75 Å². The highest BCUT2D eigenvalue weighted by Gasteiger charge is 2.27. The largest absolute Gasteiger partial charge is 0.326 e. The van der Waals surface area contributed by atoms with Crippen LogP contribution in [0.4, 0.5) is 0 Å². The molecule has 0 bridgehead atoms. The molecule has 0 radical (unpaired) electrons. The van der Waals surface area contributed by atoms with Gasteiger partial charge in [-0.05, 0) is 30.5 Å². The lowest BCUT2D eigenvalue weighted by atomic mass is 10.1. The van der Waals surface area contributed by atoms with Crippen molar-refractivity contribution in [3.05, 3.63) is 35.4 Å². The van der Waals surface area contributed by atoms with E-state index in [0.29, 0.717) is 19.1 Å². The molecule has 1 saturated carbocycles. The smallest absolute Gasteiger partial charge is 0.215 e. The summed E-state index contributed by atoms with van der Waals surface area (Å²) >= 11 is 0. The third-order valence-electron chi connectivity index (χ3n) is 3.81. The highest BCUT2D eigenvalue weighted by molar-refractivity contribution is 7.88. The minimum Gasteiger partial charge on any atom is -0.326 e. The van der Waals surface area contributed by atoms with Gasteiger partial charge in [0.25, 0.3) is 0 Å². The summed E-state index contributed by atoms with van der Waals surface area (Å²) in [6, 6.07) is 8.06. The minimum atomic E-state index is -3.27. The molecule has 0 spiro atoms. The minimum absolute atomic E-state index is 0.0212. The fourth-order valence-electron chi connectivity index (χ4n) is 2.43. The molecule has 0 saturated heterocycles. The summed E-state index contributed by atoms with van der Waals surface area (Å²) in [5.74, 6) is 0.0212. The summed E-state index contributed by atoms with van der Waals surface area (Å²) in [5, 5.41) is 0. The molecular formula is C15H25N3O2S. The van der Waals surface area contributed by atoms with Gasteiger partial charge in [0, 0.05) is 25.7 Å². The van der Waals surface area contributed by atoms with Gasteiger partial charge in [-0.25, -0.2) is 13.1 Å². The van der Waals surface area contributed by atoms with Crippen LogP contribution in [0.15, 0.2) is 24.3 Å². The van der Waals surface area contributed by atoms with Crippen LogP contribution >= 0.6 is 0 Å². The molecule has 21 heavy (non-hydrogen) atoms. The van der Waals surface area contributed by atoms with Gasteiger partial charge in [0.1, 0.15) is 0 Å². The van der Waals surface area contributed by atoms with Crippen LogP contribution < -0.4 is 10.5 Å². The van der Waals surface area contributed by atoms with Crippen LogP contribution in [-0.2, 0) is 22.3 Å². The molecule has 0 atom stereocenters. The third kappa shape index (κ3) is 5.39. The van der Waals surface area contributed by atoms with Crippen molar-refractivity contribution in [1.82, 2.24) is 9.62 Å². The molecular weight excluding hydrogens is 286 g/mol. The van der Waals surface area contributed by atoms with Crippen molar-refractivity contribution < 1.29 is 8.42 Å². The lowest BCUT2D eigenvalue weighted by Gasteiger charge is -2.19. The standard InChI is InChI=1S/C15H25N3O2S/c1-2-18(15-7-8-15)10-9-17-21(19,20)12-14-5-3-13(11-16)4-6-14/h3-6,15,17H,2,7-12,16H2,1H3. The van der Waals surface area contributed by atoms with Crippen molar-refractivity contribution in [1.29, 1.82) is 0 Å². The van der Waals surface area contributed by atoms with Gasteiger partial charge < -0.3 is 5.73 Å². The van der Waals surface area contributed by atoms with Gasteiger partial charge >= 0.3 is 0 Å². The topological polar surface area (TPSA) is 75.4 Å². The van der Waals surface area contributed by atoms with Crippen LogP contribution in [0.5, 0.6) is 0 Å². The summed E-state index contributed by atoms with van der Waals surface area (Å²) in [7, 11) is -3.27. The normalized spacial score (nSPS) is 15.6. The second-order valence-electron chi connectivity index (χ2n) is 5.53. The fraction of sp³-hybridized carbons (Fsp3) is 0.600. The summed E-state index contributed by atoms with van der Waals surface area (Å²) in [4.78, 5) is 2.33. The molecule has 0 aromatic heterocycles. The highest BCUT2D eigenvalue weighted by Crippen LogP contribution is 2.25. The predicted octanol–water partition coefficient (Wildman–Crippen LogP) is 1.05. The molecule has 3 N–H and O–H groups in total. The van der Waals surface area contributed by atoms with E-state index in [1.165, 1.54) is 12.8 Å². The molecule has 1 aliphatic carbocycles. The molecule has 0 unspecified atom stereocenters. The van der Waals surface area contributed by atoms with Crippen molar-refractivity contribution in [2.24, 2.45) is 5.73 Å². The first-order chi connectivity index (χ1) is 10.0. The van der Waals surface area contributed by atoms with E-state index in [2.05, 4.69) is 16.5 Å². The van der Waals surface area contributed by atoms with Crippen LogP contribution in [0.25, 0.3) is 0 Å². The molecule has 0 aliphatic heterocycles. The van der Waals surface area contributed by atoms with Crippen molar-refractivity contribution in [2.75, 3.05) is 19.6 Å². The third-order valence-corrected chi connectivity index (χ3v) is 5.16. The molecule has 0 amide bonds. The summed E-state index contributed by atoms with van der Waals surface area (Å²) in [6.45, 7) is 4.83. The molecule has 2 rings (SSSR count). The van der Waals surface area contributed by atoms with E-state index in [-0.39, 0.29) is 5.75 Å². The molecule has 1 aromatic carbocycles. The van der Waals surface area contributed by atoms with Gasteiger partial charge in [0.2, 0.25) is 10.0 Å². The van der Waals surface area contributed by atoms with E-state index in [4.69, 9.17) is 5.73 Å². The number of likely N-dealkylation sites (N-methyl/N-ethyl adjacent to an activating group) is 1. The maximum Gasteiger partial charge on any atom is 0.215 e. The molecule has 1 aromatic rings. The van der Waals surface area contributed by atoms with Crippen LogP contribution in [0.2, 0.25) is 0 Å². The van der Waals surface area contributed by atoms with Crippen molar-refractivity contribution in [3.63, 3.8) is 0 Å². The Labute approximate surface area is 127 Å². The summed E-state index contributed by atoms with van der Waals surface area (Å²) in [5.41, 5.74) is 7.32. The second kappa shape index (κ2) is 7.35. The fourth-order valence-corrected chi connectivity index (χ4v) is 3.56. The maximum atomic E-state index is 12.1. The number of rotatable bonds is 9. The summed E-state index contributed by atoms with van der Waals surface area (Å²) in [6.07, 6.45) is 2.49. The molecule has 6 heteroatoms. The number of benzene rings is 1. The first-order valence-corrected chi connectivity index (χ1v) is 9.18. The molecule has 5 nitrogen and oxygen atoms in total. The van der Waals surface area contributed by atoms with E-state index in [1.54, 1.807) is 0 Å². The Kier molecular flexibility index (Phi) is 5.75. The zero-order valence-corrected chi connectivity index (χ0v) is 13.4. The zero-order valence-electron chi connectivity index (χ0n) is 12.6. The second-order valence-corrected chi connectivity index (χ2v) is 7.34. The van der Waals surface area contributed by atoms with E-state index < -0.39 is 10.0 Å². The monoisotopic (exact) mass is 311 g/mol. The SMILES string of the molecule is CCN(CCNS(=O)(=O)Cc1ccc(CN)cc1)C1CC1. The number of nitrogens with one attached hydrogen (secondary N) is 1. The Balaban J connectivity index is 1.80. The Morgan fingerprint density at radius 2 is 1.86 bits per heavy atom. The van der Waals surface area contributed by atoms with Gasteiger partial charge in [-0.15, -0.1) is 0 Å². The van der Waals surface area contributed by atoms with Gasteiger partial charge in [0.15, 0.2) is 0 Å². The van der Waals surface area contributed by atoms with Crippen molar-refractivity contribution in [3.8, 4) is 0 Å². The van der Waals surface area contributed by atoms with Gasteiger partial charge in [-0.2, -0.15) is 0 Å². The average Bonchev–Trinajstić information content (AvgIpc) is 3.28. The molecule has 118 valence electrons. The number of hydrogen-bond donors (Lipinski definition) is 2. The molecule has 1 fully saturated rings. The summed E-state index contributed by atoms with van der Waals surface area (Å²) < 4.78 is 26.8. The first-order valence-electron chi connectivity index (χ1n) is 7.53. The Morgan fingerprint density at radius 3 is 2.38 bits per heavy atom. The van der Waals surface area contributed by atoms with E-state index in [1.807, 2.05) is 24.3 Å². The quantitative estimate of drug-likeness (QED) is 0.715. The number of hydrogen-bond acceptors (Lipinski definition) is 4. The lowest BCUT2D eigenvalue weighted by molar-refractivity contribution is 0.282. The van der Waals surface area contributed by atoms with E-state index in [0.717, 1.165) is 24.2 Å². The molecule has 1 aliphatic rings. The Bertz CT molecular complexity index is 539. The number of nitrogens with zero attached hydrogens (tertiary/aromatic N) is 1. The maximum absolute atomic E-state index is 12.1.